The SMILES string of the molecule is C/C=C\[C@H](O)[C@@](C)(O[Si](C)(C)C(C)(C)C)C(=O)N1C(=O)OC(C)(C)[C@H]1c1ccccc1. The van der Waals surface area contributed by atoms with E-state index in [0.717, 1.165) is 10.5 Å². The third kappa shape index (κ3) is 4.78. The summed E-state index contributed by atoms with van der Waals surface area (Å²) in [5.41, 5.74) is -1.80. The molecule has 1 N–H and O–H groups in total. The van der Waals surface area contributed by atoms with E-state index in [0.29, 0.717) is 0 Å². The van der Waals surface area contributed by atoms with Crippen LogP contribution in [0.2, 0.25) is 18.1 Å². The number of benzene rings is 1. The summed E-state index contributed by atoms with van der Waals surface area (Å²) < 4.78 is 12.1. The predicted octanol–water partition coefficient (Wildman–Crippen LogP) is 5.20. The lowest BCUT2D eigenvalue weighted by atomic mass is 9.89. The minimum atomic E-state index is -2.50. The first-order valence-electron chi connectivity index (χ1n) is 10.7. The maximum atomic E-state index is 14.0. The highest BCUT2D eigenvalue weighted by Gasteiger charge is 2.58. The minimum absolute atomic E-state index is 0.201. The Bertz CT molecular complexity index is 843. The molecule has 0 radical (unpaired) electrons. The van der Waals surface area contributed by atoms with Crippen molar-refractivity contribution in [3.63, 3.8) is 0 Å². The molecular weight excluding hydrogens is 410 g/mol. The number of cyclic esters (lactones) is 1. The molecule has 172 valence electrons. The van der Waals surface area contributed by atoms with E-state index in [4.69, 9.17) is 9.16 Å². The van der Waals surface area contributed by atoms with Gasteiger partial charge in [-0.25, -0.2) is 9.69 Å². The van der Waals surface area contributed by atoms with Crippen LogP contribution >= 0.6 is 0 Å². The highest BCUT2D eigenvalue weighted by atomic mass is 28.4. The zero-order valence-electron chi connectivity index (χ0n) is 20.2. The smallest absolute Gasteiger partial charge is 0.417 e. The van der Waals surface area contributed by atoms with Crippen molar-refractivity contribution in [2.75, 3.05) is 0 Å². The third-order valence-electron chi connectivity index (χ3n) is 6.44. The number of aliphatic hydroxyl groups excluding tert-OH is 1. The van der Waals surface area contributed by atoms with Crippen LogP contribution in [0.1, 0.15) is 60.1 Å². The molecule has 1 heterocycles. The Balaban J connectivity index is 2.60. The number of carbonyl (C=O) groups is 2. The molecule has 1 aliphatic rings. The van der Waals surface area contributed by atoms with Crippen molar-refractivity contribution in [1.82, 2.24) is 4.90 Å². The van der Waals surface area contributed by atoms with Crippen LogP contribution in [-0.2, 0) is 14.0 Å². The zero-order chi connectivity index (χ0) is 23.8. The molecule has 2 rings (SSSR count). The van der Waals surface area contributed by atoms with Gasteiger partial charge in [0.1, 0.15) is 17.7 Å². The van der Waals surface area contributed by atoms with Crippen molar-refractivity contribution in [1.29, 1.82) is 0 Å². The van der Waals surface area contributed by atoms with Crippen LogP contribution in [0.5, 0.6) is 0 Å². The molecule has 0 aromatic heterocycles. The lowest BCUT2D eigenvalue weighted by Gasteiger charge is -2.45. The van der Waals surface area contributed by atoms with E-state index in [1.165, 1.54) is 6.08 Å². The number of hydrogen-bond donors (Lipinski definition) is 1. The molecule has 1 fully saturated rings. The molecule has 2 amide bonds. The van der Waals surface area contributed by atoms with E-state index < -0.39 is 43.7 Å². The second-order valence-electron chi connectivity index (χ2n) is 10.4. The van der Waals surface area contributed by atoms with Gasteiger partial charge in [-0.15, -0.1) is 0 Å². The summed E-state index contributed by atoms with van der Waals surface area (Å²) in [4.78, 5) is 28.1. The number of allylic oxidation sites excluding steroid dienone is 1. The first-order chi connectivity index (χ1) is 14.1. The number of nitrogens with zero attached hydrogens (tertiary/aromatic N) is 1. The third-order valence-corrected chi connectivity index (χ3v) is 11.0. The second-order valence-corrected chi connectivity index (χ2v) is 15.1. The number of rotatable bonds is 6. The molecule has 0 unspecified atom stereocenters. The molecule has 3 atom stereocenters. The van der Waals surface area contributed by atoms with E-state index in [1.807, 2.05) is 43.4 Å². The maximum Gasteiger partial charge on any atom is 0.417 e. The standard InChI is InChI=1S/C24H37NO5Si/c1-10-14-18(26)24(7,30-31(8,9)22(2,3)4)20(27)25-19(17-15-12-11-13-16-17)23(5,6)29-21(25)28/h10-16,18-19,26H,1-9H3/b14-10-/t18-,19+,24+/m0/s1. The molecule has 7 heteroatoms. The average molecular weight is 448 g/mol. The van der Waals surface area contributed by atoms with Crippen LogP contribution in [-0.4, -0.2) is 47.6 Å². The molecule has 31 heavy (non-hydrogen) atoms. The molecule has 0 saturated carbocycles. The highest BCUT2D eigenvalue weighted by Crippen LogP contribution is 2.45. The Morgan fingerprint density at radius 3 is 2.26 bits per heavy atom. The molecule has 1 aromatic rings. The molecule has 0 bridgehead atoms. The lowest BCUT2D eigenvalue weighted by Crippen LogP contribution is -2.61. The van der Waals surface area contributed by atoms with E-state index in [1.54, 1.807) is 33.8 Å². The van der Waals surface area contributed by atoms with Crippen LogP contribution in [0.15, 0.2) is 42.5 Å². The quantitative estimate of drug-likeness (QED) is 0.479. The van der Waals surface area contributed by atoms with E-state index in [-0.39, 0.29) is 5.04 Å². The van der Waals surface area contributed by atoms with Gasteiger partial charge in [0, 0.05) is 0 Å². The van der Waals surface area contributed by atoms with Crippen LogP contribution in [0, 0.1) is 0 Å². The van der Waals surface area contributed by atoms with Gasteiger partial charge in [-0.2, -0.15) is 0 Å². The molecule has 0 aliphatic carbocycles. The summed E-state index contributed by atoms with van der Waals surface area (Å²) in [5, 5.41) is 10.8. The van der Waals surface area contributed by atoms with Crippen LogP contribution < -0.4 is 0 Å². The normalized spacial score (nSPS) is 22.3. The van der Waals surface area contributed by atoms with Crippen LogP contribution in [0.3, 0.4) is 0 Å². The summed E-state index contributed by atoms with van der Waals surface area (Å²) in [5.74, 6) is -0.604. The number of imide groups is 1. The summed E-state index contributed by atoms with van der Waals surface area (Å²) in [7, 11) is -2.50. The molecule has 1 aliphatic heterocycles. The number of ether oxygens (including phenoxy) is 1. The Hall–Kier alpha value is -1.96. The highest BCUT2D eigenvalue weighted by molar-refractivity contribution is 6.74. The molecule has 6 nitrogen and oxygen atoms in total. The fraction of sp³-hybridized carbons (Fsp3) is 0.583. The largest absolute Gasteiger partial charge is 0.440 e. The number of carbonyl (C=O) groups excluding carboxylic acids is 2. The number of hydrogen-bond acceptors (Lipinski definition) is 5. The fourth-order valence-corrected chi connectivity index (χ4v) is 5.23. The fourth-order valence-electron chi connectivity index (χ4n) is 3.65. The number of aliphatic hydroxyl groups is 1. The lowest BCUT2D eigenvalue weighted by molar-refractivity contribution is -0.154. The summed E-state index contributed by atoms with van der Waals surface area (Å²) in [6.07, 6.45) is 1.23. The second kappa shape index (κ2) is 8.52. The Morgan fingerprint density at radius 2 is 1.77 bits per heavy atom. The van der Waals surface area contributed by atoms with Gasteiger partial charge in [0.05, 0.1) is 0 Å². The van der Waals surface area contributed by atoms with Gasteiger partial charge in [0.25, 0.3) is 5.91 Å². The first-order valence-corrected chi connectivity index (χ1v) is 13.6. The zero-order valence-corrected chi connectivity index (χ0v) is 21.2. The van der Waals surface area contributed by atoms with Crippen molar-refractivity contribution in [2.45, 2.75) is 89.9 Å². The Kier molecular flexibility index (Phi) is 6.96. The van der Waals surface area contributed by atoms with Gasteiger partial charge in [0.15, 0.2) is 13.9 Å². The minimum Gasteiger partial charge on any atom is -0.440 e. The van der Waals surface area contributed by atoms with E-state index >= 15 is 0 Å². The van der Waals surface area contributed by atoms with Gasteiger partial charge in [-0.1, -0.05) is 63.3 Å². The van der Waals surface area contributed by atoms with Gasteiger partial charge >= 0.3 is 6.09 Å². The van der Waals surface area contributed by atoms with Crippen molar-refractivity contribution in [3.05, 3.63) is 48.0 Å². The van der Waals surface area contributed by atoms with Gasteiger partial charge < -0.3 is 14.3 Å². The van der Waals surface area contributed by atoms with E-state index in [2.05, 4.69) is 20.8 Å². The Morgan fingerprint density at radius 1 is 1.23 bits per heavy atom. The van der Waals surface area contributed by atoms with Crippen LogP contribution in [0.4, 0.5) is 4.79 Å². The predicted molar refractivity (Wildman–Crippen MR) is 124 cm³/mol. The Labute approximate surface area is 187 Å². The van der Waals surface area contributed by atoms with Gasteiger partial charge in [0.2, 0.25) is 0 Å². The molecular formula is C24H37NO5Si. The molecule has 1 saturated heterocycles. The van der Waals surface area contributed by atoms with Gasteiger partial charge in [-0.05, 0) is 51.4 Å². The van der Waals surface area contributed by atoms with Crippen LogP contribution in [0.25, 0.3) is 0 Å². The molecule has 1 aromatic carbocycles. The summed E-state index contributed by atoms with van der Waals surface area (Å²) in [6.45, 7) is 17.1. The van der Waals surface area contributed by atoms with Crippen molar-refractivity contribution in [2.24, 2.45) is 0 Å². The average Bonchev–Trinajstić information content (AvgIpc) is 2.88. The first kappa shape index (κ1) is 25.3. The number of amides is 2. The van der Waals surface area contributed by atoms with Crippen molar-refractivity contribution < 1.29 is 23.9 Å². The maximum absolute atomic E-state index is 14.0. The summed E-state index contributed by atoms with van der Waals surface area (Å²) >= 11 is 0. The van der Waals surface area contributed by atoms with Crippen molar-refractivity contribution >= 4 is 20.3 Å². The van der Waals surface area contributed by atoms with Gasteiger partial charge in [-0.3, -0.25) is 4.79 Å². The van der Waals surface area contributed by atoms with E-state index in [9.17, 15) is 14.7 Å². The monoisotopic (exact) mass is 447 g/mol. The molecule has 0 spiro atoms. The topological polar surface area (TPSA) is 76.1 Å². The summed E-state index contributed by atoms with van der Waals surface area (Å²) in [6, 6.07) is 8.68. The van der Waals surface area contributed by atoms with Crippen molar-refractivity contribution in [3.8, 4) is 0 Å².